The first-order valence-corrected chi connectivity index (χ1v) is 7.75. The highest BCUT2D eigenvalue weighted by Crippen LogP contribution is 2.36. The molecule has 0 bridgehead atoms. The Morgan fingerprint density at radius 1 is 1.16 bits per heavy atom. The minimum absolute atomic E-state index is 0.0497. The molecule has 0 aliphatic heterocycles. The second-order valence-electron chi connectivity index (χ2n) is 4.23. The third-order valence-corrected chi connectivity index (χ3v) is 3.52. The molecule has 1 aromatic rings. The lowest BCUT2D eigenvalue weighted by molar-refractivity contribution is 0.339. The van der Waals surface area contributed by atoms with Crippen LogP contribution in [0.3, 0.4) is 0 Å². The molecule has 0 aliphatic carbocycles. The van der Waals surface area contributed by atoms with E-state index in [9.17, 15) is 5.11 Å². The van der Waals surface area contributed by atoms with E-state index < -0.39 is 0 Å². The quantitative estimate of drug-likeness (QED) is 0.683. The summed E-state index contributed by atoms with van der Waals surface area (Å²) in [5, 5.41) is 13.2. The number of thioether (sulfide) groups is 1. The van der Waals surface area contributed by atoms with Gasteiger partial charge in [-0.25, -0.2) is 0 Å². The van der Waals surface area contributed by atoms with Crippen LogP contribution < -0.4 is 14.8 Å². The number of phenols is 1. The van der Waals surface area contributed by atoms with Crippen molar-refractivity contribution in [2.45, 2.75) is 19.4 Å². The minimum Gasteiger partial charge on any atom is -0.502 e. The molecular weight excluding hydrogens is 262 g/mol. The van der Waals surface area contributed by atoms with E-state index in [2.05, 4.69) is 11.6 Å². The highest BCUT2D eigenvalue weighted by atomic mass is 32.2. The molecule has 0 amide bonds. The number of unbranched alkanes of at least 4 members (excludes halogenated alkanes) is 1. The smallest absolute Gasteiger partial charge is 0.200 e. The maximum Gasteiger partial charge on any atom is 0.200 e. The Kier molecular flexibility index (Phi) is 7.52. The summed E-state index contributed by atoms with van der Waals surface area (Å²) in [5.74, 6) is 2.15. The maximum absolute atomic E-state index is 9.81. The van der Waals surface area contributed by atoms with E-state index in [1.165, 1.54) is 32.8 Å². The zero-order valence-corrected chi connectivity index (χ0v) is 12.7. The highest BCUT2D eigenvalue weighted by Gasteiger charge is 2.10. The van der Waals surface area contributed by atoms with Crippen LogP contribution in [0.2, 0.25) is 0 Å². The first-order chi connectivity index (χ1) is 9.22. The van der Waals surface area contributed by atoms with Gasteiger partial charge < -0.3 is 19.9 Å². The molecular formula is C14H23NO3S. The second-order valence-corrected chi connectivity index (χ2v) is 5.21. The number of benzene rings is 1. The summed E-state index contributed by atoms with van der Waals surface area (Å²) in [6.45, 7) is 1.73. The van der Waals surface area contributed by atoms with Crippen LogP contribution in [-0.2, 0) is 6.54 Å². The number of hydrogen-bond acceptors (Lipinski definition) is 5. The monoisotopic (exact) mass is 285 g/mol. The van der Waals surface area contributed by atoms with Crippen LogP contribution in [-0.4, -0.2) is 37.9 Å². The lowest BCUT2D eigenvalue weighted by Gasteiger charge is -2.11. The van der Waals surface area contributed by atoms with Gasteiger partial charge in [-0.3, -0.25) is 0 Å². The molecule has 0 aromatic heterocycles. The summed E-state index contributed by atoms with van der Waals surface area (Å²) < 4.78 is 10.3. The average molecular weight is 285 g/mol. The van der Waals surface area contributed by atoms with Gasteiger partial charge in [0.05, 0.1) is 14.2 Å². The van der Waals surface area contributed by atoms with Crippen LogP contribution in [0.25, 0.3) is 0 Å². The van der Waals surface area contributed by atoms with Crippen molar-refractivity contribution >= 4 is 11.8 Å². The summed E-state index contributed by atoms with van der Waals surface area (Å²) in [7, 11) is 3.07. The van der Waals surface area contributed by atoms with E-state index >= 15 is 0 Å². The molecule has 0 fully saturated rings. The van der Waals surface area contributed by atoms with E-state index in [0.29, 0.717) is 11.5 Å². The van der Waals surface area contributed by atoms with E-state index in [-0.39, 0.29) is 5.75 Å². The standard InChI is InChI=1S/C14H23NO3S/c1-17-12-8-11(9-13(18-2)14(12)16)10-15-6-4-5-7-19-3/h8-9,15-16H,4-7,10H2,1-3H3. The van der Waals surface area contributed by atoms with Gasteiger partial charge in [0.15, 0.2) is 11.5 Å². The first kappa shape index (κ1) is 16.0. The molecule has 108 valence electrons. The Bertz CT molecular complexity index is 360. The molecule has 4 nitrogen and oxygen atoms in total. The van der Waals surface area contributed by atoms with Crippen molar-refractivity contribution in [3.8, 4) is 17.2 Å². The van der Waals surface area contributed by atoms with Gasteiger partial charge in [-0.15, -0.1) is 0 Å². The Morgan fingerprint density at radius 2 is 1.79 bits per heavy atom. The molecule has 0 aliphatic rings. The SMILES string of the molecule is COc1cc(CNCCCCSC)cc(OC)c1O. The van der Waals surface area contributed by atoms with Crippen molar-refractivity contribution in [1.82, 2.24) is 5.32 Å². The molecule has 0 spiro atoms. The number of nitrogens with one attached hydrogen (secondary N) is 1. The third kappa shape index (κ3) is 5.20. The number of phenolic OH excluding ortho intramolecular Hbond substituents is 1. The molecule has 0 unspecified atom stereocenters. The highest BCUT2D eigenvalue weighted by molar-refractivity contribution is 7.98. The van der Waals surface area contributed by atoms with Crippen molar-refractivity contribution < 1.29 is 14.6 Å². The Morgan fingerprint density at radius 3 is 2.32 bits per heavy atom. The van der Waals surface area contributed by atoms with Gasteiger partial charge in [0, 0.05) is 6.54 Å². The Balaban J connectivity index is 2.49. The molecule has 1 rings (SSSR count). The molecule has 1 aromatic carbocycles. The van der Waals surface area contributed by atoms with Gasteiger partial charge >= 0.3 is 0 Å². The Labute approximate surface area is 119 Å². The van der Waals surface area contributed by atoms with Crippen molar-refractivity contribution in [2.75, 3.05) is 32.8 Å². The predicted molar refractivity (Wildman–Crippen MR) is 80.5 cm³/mol. The van der Waals surface area contributed by atoms with Gasteiger partial charge in [-0.1, -0.05) is 0 Å². The van der Waals surface area contributed by atoms with Gasteiger partial charge in [-0.2, -0.15) is 11.8 Å². The maximum atomic E-state index is 9.81. The van der Waals surface area contributed by atoms with Crippen LogP contribution in [0.4, 0.5) is 0 Å². The summed E-state index contributed by atoms with van der Waals surface area (Å²) in [6.07, 6.45) is 4.53. The van der Waals surface area contributed by atoms with E-state index in [1.807, 2.05) is 23.9 Å². The van der Waals surface area contributed by atoms with Crippen LogP contribution in [0, 0.1) is 0 Å². The number of hydrogen-bond donors (Lipinski definition) is 2. The van der Waals surface area contributed by atoms with Gasteiger partial charge in [0.2, 0.25) is 5.75 Å². The molecule has 0 heterocycles. The Hall–Kier alpha value is -1.07. The zero-order valence-electron chi connectivity index (χ0n) is 11.9. The largest absolute Gasteiger partial charge is 0.502 e. The first-order valence-electron chi connectivity index (χ1n) is 6.36. The molecule has 0 atom stereocenters. The summed E-state index contributed by atoms with van der Waals surface area (Å²) >= 11 is 1.88. The normalized spacial score (nSPS) is 10.5. The topological polar surface area (TPSA) is 50.7 Å². The zero-order chi connectivity index (χ0) is 14.1. The van der Waals surface area contributed by atoms with E-state index in [0.717, 1.165) is 18.7 Å². The average Bonchev–Trinajstić information content (AvgIpc) is 2.44. The molecule has 5 heteroatoms. The van der Waals surface area contributed by atoms with Crippen molar-refractivity contribution in [3.05, 3.63) is 17.7 Å². The van der Waals surface area contributed by atoms with Crippen LogP contribution in [0.1, 0.15) is 18.4 Å². The molecule has 2 N–H and O–H groups in total. The van der Waals surface area contributed by atoms with E-state index in [1.54, 1.807) is 0 Å². The van der Waals surface area contributed by atoms with Gasteiger partial charge in [0.25, 0.3) is 0 Å². The van der Waals surface area contributed by atoms with Crippen molar-refractivity contribution in [2.24, 2.45) is 0 Å². The summed E-state index contributed by atoms with van der Waals surface area (Å²) in [5.41, 5.74) is 1.04. The number of ether oxygens (including phenoxy) is 2. The fourth-order valence-corrected chi connectivity index (χ4v) is 2.27. The molecule has 0 radical (unpaired) electrons. The molecule has 0 saturated carbocycles. The second kappa shape index (κ2) is 8.93. The van der Waals surface area contributed by atoms with Crippen LogP contribution in [0.15, 0.2) is 12.1 Å². The fraction of sp³-hybridized carbons (Fsp3) is 0.571. The third-order valence-electron chi connectivity index (χ3n) is 2.82. The van der Waals surface area contributed by atoms with Gasteiger partial charge in [-0.05, 0) is 49.1 Å². The summed E-state index contributed by atoms with van der Waals surface area (Å²) in [6, 6.07) is 3.65. The number of rotatable bonds is 9. The lowest BCUT2D eigenvalue weighted by atomic mass is 10.1. The molecule has 19 heavy (non-hydrogen) atoms. The summed E-state index contributed by atoms with van der Waals surface area (Å²) in [4.78, 5) is 0. The van der Waals surface area contributed by atoms with Crippen LogP contribution in [0.5, 0.6) is 17.2 Å². The van der Waals surface area contributed by atoms with Crippen LogP contribution >= 0.6 is 11.8 Å². The predicted octanol–water partition coefficient (Wildman–Crippen LogP) is 2.64. The number of methoxy groups -OCH3 is 2. The lowest BCUT2D eigenvalue weighted by Crippen LogP contribution is -2.15. The van der Waals surface area contributed by atoms with Crippen molar-refractivity contribution in [1.29, 1.82) is 0 Å². The van der Waals surface area contributed by atoms with E-state index in [4.69, 9.17) is 9.47 Å². The van der Waals surface area contributed by atoms with Gasteiger partial charge in [0.1, 0.15) is 0 Å². The molecule has 0 saturated heterocycles. The minimum atomic E-state index is 0.0497. The number of aromatic hydroxyl groups is 1. The van der Waals surface area contributed by atoms with Crippen molar-refractivity contribution in [3.63, 3.8) is 0 Å². The fourth-order valence-electron chi connectivity index (χ4n) is 1.78.